The minimum absolute atomic E-state index is 0.0625. The predicted octanol–water partition coefficient (Wildman–Crippen LogP) is 5.31. The molecule has 0 bridgehead atoms. The molecule has 1 saturated heterocycles. The molecule has 29 heavy (non-hydrogen) atoms. The molecule has 0 spiro atoms. The smallest absolute Gasteiger partial charge is 0.416 e. The summed E-state index contributed by atoms with van der Waals surface area (Å²) < 4.78 is 11.1. The summed E-state index contributed by atoms with van der Waals surface area (Å²) in [5.41, 5.74) is -0.154. The lowest BCUT2D eigenvalue weighted by Crippen LogP contribution is -2.38. The van der Waals surface area contributed by atoms with E-state index in [9.17, 15) is 9.59 Å². The van der Waals surface area contributed by atoms with Gasteiger partial charge in [-0.3, -0.25) is 4.90 Å². The van der Waals surface area contributed by atoms with Crippen LogP contribution in [-0.4, -0.2) is 46.4 Å². The molecular formula is C22H35N3O4. The van der Waals surface area contributed by atoms with Gasteiger partial charge in [-0.1, -0.05) is 13.0 Å². The van der Waals surface area contributed by atoms with Crippen molar-refractivity contribution < 1.29 is 19.1 Å². The van der Waals surface area contributed by atoms with Crippen molar-refractivity contribution >= 4 is 18.0 Å². The minimum atomic E-state index is -0.569. The molecule has 0 radical (unpaired) electrons. The topological polar surface area (TPSA) is 72.0 Å². The van der Waals surface area contributed by atoms with Crippen molar-refractivity contribution in [2.45, 2.75) is 85.0 Å². The second kappa shape index (κ2) is 9.01. The monoisotopic (exact) mass is 405 g/mol. The highest BCUT2D eigenvalue weighted by Gasteiger charge is 2.33. The average Bonchev–Trinajstić information content (AvgIpc) is 3.06. The van der Waals surface area contributed by atoms with Crippen LogP contribution >= 0.6 is 0 Å². The van der Waals surface area contributed by atoms with Gasteiger partial charge in [0.05, 0.1) is 6.04 Å². The maximum absolute atomic E-state index is 12.6. The van der Waals surface area contributed by atoms with E-state index in [1.54, 1.807) is 16.0 Å². The number of pyridine rings is 1. The summed E-state index contributed by atoms with van der Waals surface area (Å²) in [7, 11) is 0. The van der Waals surface area contributed by atoms with Crippen LogP contribution in [0.2, 0.25) is 0 Å². The van der Waals surface area contributed by atoms with Crippen LogP contribution in [0.3, 0.4) is 0 Å². The average molecular weight is 406 g/mol. The van der Waals surface area contributed by atoms with E-state index in [0.717, 1.165) is 24.8 Å². The Balaban J connectivity index is 2.17. The van der Waals surface area contributed by atoms with Crippen molar-refractivity contribution in [3.63, 3.8) is 0 Å². The van der Waals surface area contributed by atoms with Crippen LogP contribution in [0.15, 0.2) is 18.3 Å². The number of hydrogen-bond donors (Lipinski definition) is 0. The molecule has 0 N–H and O–H groups in total. The fraction of sp³-hybridized carbons (Fsp3) is 0.682. The minimum Gasteiger partial charge on any atom is -0.444 e. The van der Waals surface area contributed by atoms with Crippen LogP contribution in [0.5, 0.6) is 0 Å². The maximum atomic E-state index is 12.6. The number of ether oxygens (including phenoxy) is 2. The Labute approximate surface area is 174 Å². The molecule has 7 nitrogen and oxygen atoms in total. The normalized spacial score (nSPS) is 17.2. The highest BCUT2D eigenvalue weighted by atomic mass is 16.6. The molecule has 1 aromatic rings. The number of likely N-dealkylation sites (tertiary alicyclic amines) is 1. The van der Waals surface area contributed by atoms with Crippen LogP contribution in [0, 0.1) is 0 Å². The molecule has 1 aliphatic rings. The molecule has 0 aliphatic carbocycles. The van der Waals surface area contributed by atoms with E-state index in [1.807, 2.05) is 60.6 Å². The molecule has 2 heterocycles. The number of rotatable bonds is 4. The first-order chi connectivity index (χ1) is 13.4. The third-order valence-corrected chi connectivity index (χ3v) is 4.37. The Morgan fingerprint density at radius 2 is 1.79 bits per heavy atom. The van der Waals surface area contributed by atoms with E-state index >= 15 is 0 Å². The SMILES string of the molecule is CCCN(C(=O)OC(C)(C)C)c1ccc([C@H]2CCCN2C(=O)OC(C)(C)C)cn1. The standard InChI is InChI=1S/C22H35N3O4/c1-8-13-25(20(27)29-22(5,6)7)18-12-11-16(15-23-18)17-10-9-14-24(17)19(26)28-21(2,3)4/h11-12,15,17H,8-10,13-14H2,1-7H3/t17-/m1/s1. The number of amides is 2. The summed E-state index contributed by atoms with van der Waals surface area (Å²) in [5, 5.41) is 0. The fourth-order valence-electron chi connectivity index (χ4n) is 3.25. The molecule has 7 heteroatoms. The zero-order chi connectivity index (χ0) is 21.8. The summed E-state index contributed by atoms with van der Waals surface area (Å²) >= 11 is 0. The Morgan fingerprint density at radius 1 is 1.14 bits per heavy atom. The quantitative estimate of drug-likeness (QED) is 0.679. The Kier molecular flexibility index (Phi) is 7.14. The lowest BCUT2D eigenvalue weighted by molar-refractivity contribution is 0.0224. The van der Waals surface area contributed by atoms with Crippen molar-refractivity contribution in [1.29, 1.82) is 0 Å². The molecule has 0 unspecified atom stereocenters. The van der Waals surface area contributed by atoms with Crippen LogP contribution in [-0.2, 0) is 9.47 Å². The van der Waals surface area contributed by atoms with Gasteiger partial charge in [0.1, 0.15) is 17.0 Å². The third kappa shape index (κ3) is 6.61. The third-order valence-electron chi connectivity index (χ3n) is 4.37. The maximum Gasteiger partial charge on any atom is 0.416 e. The summed E-state index contributed by atoms with van der Waals surface area (Å²) in [4.78, 5) is 32.9. The van der Waals surface area contributed by atoms with E-state index in [0.29, 0.717) is 18.9 Å². The first-order valence-electron chi connectivity index (χ1n) is 10.4. The summed E-state index contributed by atoms with van der Waals surface area (Å²) in [6.07, 6.45) is 3.62. The second-order valence-electron chi connectivity index (χ2n) is 9.41. The van der Waals surface area contributed by atoms with Gasteiger partial charge in [0.2, 0.25) is 0 Å². The molecular weight excluding hydrogens is 370 g/mol. The summed E-state index contributed by atoms with van der Waals surface area (Å²) in [6.45, 7) is 14.3. The molecule has 1 aliphatic heterocycles. The van der Waals surface area contributed by atoms with E-state index in [4.69, 9.17) is 9.47 Å². The first kappa shape index (κ1) is 23.0. The van der Waals surface area contributed by atoms with Gasteiger partial charge < -0.3 is 14.4 Å². The van der Waals surface area contributed by atoms with Crippen LogP contribution in [0.1, 0.15) is 79.3 Å². The molecule has 2 amide bonds. The number of hydrogen-bond acceptors (Lipinski definition) is 5. The number of nitrogens with zero attached hydrogens (tertiary/aromatic N) is 3. The van der Waals surface area contributed by atoms with Crippen LogP contribution in [0.4, 0.5) is 15.4 Å². The second-order valence-corrected chi connectivity index (χ2v) is 9.41. The van der Waals surface area contributed by atoms with Crippen molar-refractivity contribution in [3.8, 4) is 0 Å². The van der Waals surface area contributed by atoms with Crippen LogP contribution < -0.4 is 4.90 Å². The lowest BCUT2D eigenvalue weighted by atomic mass is 10.1. The zero-order valence-electron chi connectivity index (χ0n) is 18.8. The van der Waals surface area contributed by atoms with Gasteiger partial charge in [0, 0.05) is 19.3 Å². The van der Waals surface area contributed by atoms with Crippen molar-refractivity contribution in [3.05, 3.63) is 23.9 Å². The first-order valence-corrected chi connectivity index (χ1v) is 10.4. The molecule has 1 atom stereocenters. The molecule has 0 saturated carbocycles. The van der Waals surface area contributed by atoms with Crippen molar-refractivity contribution in [2.24, 2.45) is 0 Å². The molecule has 0 aromatic carbocycles. The van der Waals surface area contributed by atoms with Gasteiger partial charge in [0.15, 0.2) is 0 Å². The predicted molar refractivity (Wildman–Crippen MR) is 113 cm³/mol. The Bertz CT molecular complexity index is 704. The number of carbonyl (C=O) groups is 2. The summed E-state index contributed by atoms with van der Waals surface area (Å²) in [5.74, 6) is 0.548. The number of aromatic nitrogens is 1. The van der Waals surface area contributed by atoms with Gasteiger partial charge >= 0.3 is 12.2 Å². The number of anilines is 1. The van der Waals surface area contributed by atoms with E-state index in [-0.39, 0.29) is 12.1 Å². The lowest BCUT2D eigenvalue weighted by Gasteiger charge is -2.29. The summed E-state index contributed by atoms with van der Waals surface area (Å²) in [6, 6.07) is 3.69. The molecule has 1 aromatic heterocycles. The zero-order valence-corrected chi connectivity index (χ0v) is 18.8. The van der Waals surface area contributed by atoms with Crippen molar-refractivity contribution in [1.82, 2.24) is 9.88 Å². The van der Waals surface area contributed by atoms with Gasteiger partial charge in [-0.05, 0) is 72.4 Å². The van der Waals surface area contributed by atoms with Gasteiger partial charge in [-0.25, -0.2) is 14.6 Å². The van der Waals surface area contributed by atoms with Gasteiger partial charge in [-0.2, -0.15) is 0 Å². The largest absolute Gasteiger partial charge is 0.444 e. The Hall–Kier alpha value is -2.31. The fourth-order valence-corrected chi connectivity index (χ4v) is 3.25. The van der Waals surface area contributed by atoms with Crippen LogP contribution in [0.25, 0.3) is 0 Å². The van der Waals surface area contributed by atoms with Gasteiger partial charge in [0.25, 0.3) is 0 Å². The highest BCUT2D eigenvalue weighted by Crippen LogP contribution is 2.33. The van der Waals surface area contributed by atoms with E-state index < -0.39 is 17.3 Å². The number of carbonyl (C=O) groups excluding carboxylic acids is 2. The molecule has 2 rings (SSSR count). The molecule has 1 fully saturated rings. The van der Waals surface area contributed by atoms with E-state index in [2.05, 4.69) is 4.98 Å². The van der Waals surface area contributed by atoms with Crippen molar-refractivity contribution in [2.75, 3.05) is 18.0 Å². The Morgan fingerprint density at radius 3 is 2.31 bits per heavy atom. The van der Waals surface area contributed by atoms with Gasteiger partial charge in [-0.15, -0.1) is 0 Å². The highest BCUT2D eigenvalue weighted by molar-refractivity contribution is 5.86. The molecule has 162 valence electrons. The van der Waals surface area contributed by atoms with E-state index in [1.165, 1.54) is 0 Å².